The molecule has 0 spiro atoms. The fourth-order valence-corrected chi connectivity index (χ4v) is 0.939. The molecule has 0 atom stereocenters. The van der Waals surface area contributed by atoms with Crippen LogP contribution in [0, 0.1) is 31.9 Å². The lowest BCUT2D eigenvalue weighted by atomic mass is 10.3. The highest BCUT2D eigenvalue weighted by atomic mass is 32.1. The van der Waals surface area contributed by atoms with E-state index in [1.165, 1.54) is 0 Å². The summed E-state index contributed by atoms with van der Waals surface area (Å²) in [7, 11) is 0. The van der Waals surface area contributed by atoms with Crippen molar-refractivity contribution in [1.82, 2.24) is 9.97 Å². The highest BCUT2D eigenvalue weighted by Gasteiger charge is 2.00. The van der Waals surface area contributed by atoms with Crippen LogP contribution < -0.4 is 0 Å². The van der Waals surface area contributed by atoms with Crippen LogP contribution in [0.1, 0.15) is 11.4 Å². The van der Waals surface area contributed by atoms with Gasteiger partial charge in [-0.05, 0) is 0 Å². The smallest absolute Gasteiger partial charge is 0.153 e. The molecule has 0 aliphatic rings. The number of nitrogens with one attached hydrogen (secondary N) is 2. The van der Waals surface area contributed by atoms with Gasteiger partial charge in [-0.15, -0.1) is 0 Å². The minimum absolute atomic E-state index is 0.108. The van der Waals surface area contributed by atoms with Crippen molar-refractivity contribution in [2.75, 3.05) is 0 Å². The summed E-state index contributed by atoms with van der Waals surface area (Å²) < 4.78 is 0.529. The first-order valence-corrected chi connectivity index (χ1v) is 3.67. The molecule has 58 valence electrons. The molecular weight excluding hydrogens is 192 g/mol. The van der Waals surface area contributed by atoms with Gasteiger partial charge in [0.2, 0.25) is 0 Å². The predicted octanol–water partition coefficient (Wildman–Crippen LogP) is 1.55. The van der Waals surface area contributed by atoms with Gasteiger partial charge in [0.05, 0.1) is 0 Å². The summed E-state index contributed by atoms with van der Waals surface area (Å²) in [6.45, 7) is 0. The zero-order valence-electron chi connectivity index (χ0n) is 5.71. The van der Waals surface area contributed by atoms with Crippen molar-refractivity contribution in [3.8, 4) is 12.1 Å². The third-order valence-electron chi connectivity index (χ3n) is 1.16. The van der Waals surface area contributed by atoms with Crippen molar-refractivity contribution in [1.29, 1.82) is 10.5 Å². The van der Waals surface area contributed by atoms with Crippen molar-refractivity contribution in [2.45, 2.75) is 0 Å². The zero-order chi connectivity index (χ0) is 9.14. The molecule has 12 heavy (non-hydrogen) atoms. The normalized spacial score (nSPS) is 8.50. The summed E-state index contributed by atoms with van der Waals surface area (Å²) in [6.07, 6.45) is 0. The van der Waals surface area contributed by atoms with E-state index in [0.29, 0.717) is 0 Å². The van der Waals surface area contributed by atoms with E-state index in [4.69, 9.17) is 35.0 Å². The maximum atomic E-state index is 8.53. The fourth-order valence-electron chi connectivity index (χ4n) is 0.633. The number of aromatic nitrogens is 2. The van der Waals surface area contributed by atoms with Crippen LogP contribution in [0.5, 0.6) is 0 Å². The van der Waals surface area contributed by atoms with Crippen LogP contribution in [0.2, 0.25) is 0 Å². The third kappa shape index (κ3) is 1.40. The molecule has 0 aliphatic heterocycles. The Kier molecular flexibility index (Phi) is 2.34. The maximum Gasteiger partial charge on any atom is 0.153 e. The molecule has 1 heterocycles. The van der Waals surface area contributed by atoms with Gasteiger partial charge in [-0.2, -0.15) is 10.5 Å². The highest BCUT2D eigenvalue weighted by molar-refractivity contribution is 7.73. The third-order valence-corrected chi connectivity index (χ3v) is 1.90. The minimum Gasteiger partial charge on any atom is -0.333 e. The Morgan fingerprint density at radius 3 is 1.50 bits per heavy atom. The Balaban J connectivity index is 3.67. The Bertz CT molecular complexity index is 449. The van der Waals surface area contributed by atoms with Crippen LogP contribution in [-0.4, -0.2) is 9.97 Å². The van der Waals surface area contributed by atoms with Crippen LogP contribution in [0.4, 0.5) is 0 Å². The molecule has 0 radical (unpaired) electrons. The Morgan fingerprint density at radius 1 is 0.917 bits per heavy atom. The van der Waals surface area contributed by atoms with Crippen LogP contribution in [-0.2, 0) is 0 Å². The second-order valence-electron chi connectivity index (χ2n) is 1.88. The van der Waals surface area contributed by atoms with Crippen LogP contribution in [0.15, 0.2) is 0 Å². The van der Waals surface area contributed by atoms with Crippen molar-refractivity contribution in [3.63, 3.8) is 0 Å². The minimum atomic E-state index is 0.108. The molecule has 6 heteroatoms. The molecule has 1 aromatic rings. The number of hydrogen-bond donors (Lipinski definition) is 2. The highest BCUT2D eigenvalue weighted by Crippen LogP contribution is 1.99. The Labute approximate surface area is 78.1 Å². The van der Waals surface area contributed by atoms with E-state index in [1.807, 2.05) is 0 Å². The number of aromatic amines is 2. The van der Waals surface area contributed by atoms with Crippen molar-refractivity contribution < 1.29 is 0 Å². The van der Waals surface area contributed by atoms with Crippen LogP contribution in [0.25, 0.3) is 0 Å². The van der Waals surface area contributed by atoms with Gasteiger partial charge in [0.15, 0.2) is 11.4 Å². The first-order valence-electron chi connectivity index (χ1n) is 2.86. The second-order valence-corrected chi connectivity index (χ2v) is 2.70. The quantitative estimate of drug-likeness (QED) is 0.614. The van der Waals surface area contributed by atoms with Gasteiger partial charge in [-0.1, -0.05) is 24.4 Å². The van der Waals surface area contributed by atoms with E-state index < -0.39 is 0 Å². The summed E-state index contributed by atoms with van der Waals surface area (Å²) in [5.41, 5.74) is 0.215. The SMILES string of the molecule is N#Cc1[nH]c(=S)c(=S)[nH]c1C#N. The van der Waals surface area contributed by atoms with Gasteiger partial charge in [-0.25, -0.2) is 0 Å². The summed E-state index contributed by atoms with van der Waals surface area (Å²) in [6, 6.07) is 3.58. The summed E-state index contributed by atoms with van der Waals surface area (Å²) in [4.78, 5) is 5.08. The average molecular weight is 194 g/mol. The number of nitrogens with zero attached hydrogens (tertiary/aromatic N) is 2. The molecule has 1 aromatic heterocycles. The van der Waals surface area contributed by atoms with Crippen molar-refractivity contribution >= 4 is 24.4 Å². The second kappa shape index (κ2) is 3.26. The molecule has 0 unspecified atom stereocenters. The number of H-pyrrole nitrogens is 2. The Morgan fingerprint density at radius 2 is 1.25 bits per heavy atom. The standard InChI is InChI=1S/C6H2N4S2/c7-1-3-4(2-8)10-6(12)5(11)9-3/h(H,9,11)(H,10,12). The largest absolute Gasteiger partial charge is 0.333 e. The fraction of sp³-hybridized carbons (Fsp3) is 0. The number of nitriles is 2. The van der Waals surface area contributed by atoms with E-state index in [0.717, 1.165) is 0 Å². The van der Waals surface area contributed by atoms with Gasteiger partial charge in [0, 0.05) is 0 Å². The average Bonchev–Trinajstić information content (AvgIpc) is 2.09. The van der Waals surface area contributed by atoms with E-state index in [9.17, 15) is 0 Å². The summed E-state index contributed by atoms with van der Waals surface area (Å²) in [5, 5.41) is 17.1. The molecule has 1 rings (SSSR count). The lowest BCUT2D eigenvalue weighted by molar-refractivity contribution is 1.10. The lowest BCUT2D eigenvalue weighted by Gasteiger charge is -1.93. The number of rotatable bonds is 0. The molecule has 0 saturated carbocycles. The monoisotopic (exact) mass is 194 g/mol. The first kappa shape index (κ1) is 8.60. The molecule has 0 amide bonds. The van der Waals surface area contributed by atoms with Gasteiger partial charge in [0.25, 0.3) is 0 Å². The zero-order valence-corrected chi connectivity index (χ0v) is 7.34. The van der Waals surface area contributed by atoms with Gasteiger partial charge >= 0.3 is 0 Å². The van der Waals surface area contributed by atoms with Gasteiger partial charge < -0.3 is 9.97 Å². The van der Waals surface area contributed by atoms with E-state index >= 15 is 0 Å². The topological polar surface area (TPSA) is 79.2 Å². The van der Waals surface area contributed by atoms with Crippen LogP contribution in [0.3, 0.4) is 0 Å². The van der Waals surface area contributed by atoms with Gasteiger partial charge in [-0.3, -0.25) is 0 Å². The summed E-state index contributed by atoms with van der Waals surface area (Å²) in [5.74, 6) is 0. The molecule has 0 fully saturated rings. The first-order chi connectivity index (χ1) is 5.69. The van der Waals surface area contributed by atoms with E-state index in [1.54, 1.807) is 12.1 Å². The molecule has 0 aliphatic carbocycles. The molecule has 2 N–H and O–H groups in total. The van der Waals surface area contributed by atoms with E-state index in [-0.39, 0.29) is 20.7 Å². The van der Waals surface area contributed by atoms with Gasteiger partial charge in [0.1, 0.15) is 21.4 Å². The van der Waals surface area contributed by atoms with Crippen LogP contribution >= 0.6 is 24.4 Å². The van der Waals surface area contributed by atoms with E-state index in [2.05, 4.69) is 9.97 Å². The molecule has 0 saturated heterocycles. The predicted molar refractivity (Wildman–Crippen MR) is 46.2 cm³/mol. The number of hydrogen-bond acceptors (Lipinski definition) is 4. The molecular formula is C6H2N4S2. The molecule has 0 aromatic carbocycles. The molecule has 0 bridgehead atoms. The van der Waals surface area contributed by atoms with Crippen molar-refractivity contribution in [3.05, 3.63) is 20.7 Å². The van der Waals surface area contributed by atoms with Crippen molar-refractivity contribution in [2.24, 2.45) is 0 Å². The lowest BCUT2D eigenvalue weighted by Crippen LogP contribution is -1.94. The molecule has 4 nitrogen and oxygen atoms in total. The summed E-state index contributed by atoms with van der Waals surface area (Å²) >= 11 is 9.53. The maximum absolute atomic E-state index is 8.53. The Hall–Kier alpha value is -1.50.